The molecule has 3 N–H and O–H groups in total. The van der Waals surface area contributed by atoms with E-state index in [1.165, 1.54) is 6.08 Å². The van der Waals surface area contributed by atoms with Crippen LogP contribution in [0.4, 0.5) is 0 Å². The molecule has 0 saturated carbocycles. The maximum absolute atomic E-state index is 8.71. The molecular formula is C4H7NOS2. The average Bonchev–Trinajstić information content (AvgIpc) is 1.65. The van der Waals surface area contributed by atoms with Crippen molar-refractivity contribution >= 4 is 28.3 Å². The topological polar surface area (TPSA) is 46.2 Å². The second-order valence-electron chi connectivity index (χ2n) is 1.06. The zero-order valence-electron chi connectivity index (χ0n) is 4.20. The van der Waals surface area contributed by atoms with Crippen LogP contribution in [-0.4, -0.2) is 14.9 Å². The fraction of sp³-hybridized carbons (Fsp3) is 0.250. The number of thiocarbonyl (C=S) groups is 1. The van der Waals surface area contributed by atoms with E-state index in [9.17, 15) is 0 Å². The Morgan fingerprint density at radius 3 is 2.62 bits per heavy atom. The fourth-order valence-electron chi connectivity index (χ4n) is 0.167. The molecule has 4 heteroatoms. The van der Waals surface area contributed by atoms with Crippen LogP contribution in [0.15, 0.2) is 12.7 Å². The number of hydrogen-bond acceptors (Lipinski definition) is 3. The molecule has 0 rings (SSSR count). The van der Waals surface area contributed by atoms with Crippen LogP contribution in [0, 0.1) is 0 Å². The highest BCUT2D eigenvalue weighted by Gasteiger charge is 1.97. The predicted octanol–water partition coefficient (Wildman–Crippen LogP) is 0.468. The molecule has 0 aromatic rings. The number of rotatable bonds is 2. The molecule has 0 saturated heterocycles. The van der Waals surface area contributed by atoms with Crippen molar-refractivity contribution in [3.8, 4) is 0 Å². The lowest BCUT2D eigenvalue weighted by atomic mass is 10.7. The van der Waals surface area contributed by atoms with E-state index in [0.717, 1.165) is 11.8 Å². The van der Waals surface area contributed by atoms with Gasteiger partial charge in [0.1, 0.15) is 9.76 Å². The molecule has 0 heterocycles. The molecule has 0 bridgehead atoms. The van der Waals surface area contributed by atoms with Gasteiger partial charge < -0.3 is 10.8 Å². The van der Waals surface area contributed by atoms with E-state index in [4.69, 9.17) is 10.8 Å². The standard InChI is InChI=1S/C4H7NOS2/c1-2-3(6)8-4(5)7/h2-3,6H,1H2,(H2,5,7)/t3-/m0/s1. The smallest absolute Gasteiger partial charge is 0.133 e. The Bertz CT molecular complexity index is 104. The molecule has 0 radical (unpaired) electrons. The van der Waals surface area contributed by atoms with E-state index >= 15 is 0 Å². The zero-order valence-corrected chi connectivity index (χ0v) is 5.84. The first-order chi connectivity index (χ1) is 3.66. The Kier molecular flexibility index (Phi) is 3.85. The molecule has 8 heavy (non-hydrogen) atoms. The van der Waals surface area contributed by atoms with Gasteiger partial charge in [0, 0.05) is 0 Å². The third-order valence-corrected chi connectivity index (χ3v) is 1.39. The van der Waals surface area contributed by atoms with Gasteiger partial charge in [-0.1, -0.05) is 36.6 Å². The number of aliphatic hydroxyl groups is 1. The Hall–Kier alpha value is -0.0600. The molecule has 0 aliphatic carbocycles. The molecule has 46 valence electrons. The summed E-state index contributed by atoms with van der Waals surface area (Å²) in [7, 11) is 0. The molecule has 0 aromatic heterocycles. The first-order valence-corrected chi connectivity index (χ1v) is 3.22. The maximum Gasteiger partial charge on any atom is 0.133 e. The van der Waals surface area contributed by atoms with Crippen LogP contribution >= 0.6 is 24.0 Å². The van der Waals surface area contributed by atoms with E-state index < -0.39 is 5.44 Å². The highest BCUT2D eigenvalue weighted by atomic mass is 32.2. The summed E-state index contributed by atoms with van der Waals surface area (Å²) in [6, 6.07) is 0. The normalized spacial score (nSPS) is 12.6. The van der Waals surface area contributed by atoms with Gasteiger partial charge in [0.25, 0.3) is 0 Å². The van der Waals surface area contributed by atoms with E-state index in [1.807, 2.05) is 0 Å². The lowest BCUT2D eigenvalue weighted by Crippen LogP contribution is -2.08. The average molecular weight is 149 g/mol. The molecule has 0 aliphatic heterocycles. The summed E-state index contributed by atoms with van der Waals surface area (Å²) in [5, 5.41) is 8.71. The van der Waals surface area contributed by atoms with Crippen LogP contribution in [-0.2, 0) is 0 Å². The Labute approximate surface area is 57.8 Å². The van der Waals surface area contributed by atoms with Gasteiger partial charge in [-0.3, -0.25) is 0 Å². The number of thioether (sulfide) groups is 1. The predicted molar refractivity (Wildman–Crippen MR) is 40.6 cm³/mol. The Morgan fingerprint density at radius 1 is 2.00 bits per heavy atom. The van der Waals surface area contributed by atoms with Crippen molar-refractivity contribution in [3.05, 3.63) is 12.7 Å². The second kappa shape index (κ2) is 3.88. The van der Waals surface area contributed by atoms with Crippen LogP contribution in [0.25, 0.3) is 0 Å². The van der Waals surface area contributed by atoms with Crippen molar-refractivity contribution < 1.29 is 5.11 Å². The molecule has 0 amide bonds. The first kappa shape index (κ1) is 7.94. The van der Waals surface area contributed by atoms with E-state index in [0.29, 0.717) is 0 Å². The summed E-state index contributed by atoms with van der Waals surface area (Å²) in [5.41, 5.74) is 4.40. The monoisotopic (exact) mass is 149 g/mol. The Morgan fingerprint density at radius 2 is 2.50 bits per heavy atom. The van der Waals surface area contributed by atoms with Crippen molar-refractivity contribution in [2.24, 2.45) is 5.73 Å². The quantitative estimate of drug-likeness (QED) is 0.340. The molecule has 0 aliphatic rings. The maximum atomic E-state index is 8.71. The largest absolute Gasteiger partial charge is 0.385 e. The summed E-state index contributed by atoms with van der Waals surface area (Å²) in [4.78, 5) is 0. The lowest BCUT2D eigenvalue weighted by molar-refractivity contribution is 0.311. The summed E-state index contributed by atoms with van der Waals surface area (Å²) in [5.74, 6) is 0. The van der Waals surface area contributed by atoms with Crippen LogP contribution in [0.1, 0.15) is 0 Å². The minimum atomic E-state index is -0.660. The molecule has 0 spiro atoms. The number of nitrogens with two attached hydrogens (primary N) is 1. The minimum Gasteiger partial charge on any atom is -0.385 e. The third-order valence-electron chi connectivity index (χ3n) is 0.439. The molecular weight excluding hydrogens is 142 g/mol. The van der Waals surface area contributed by atoms with E-state index in [-0.39, 0.29) is 4.32 Å². The summed E-state index contributed by atoms with van der Waals surface area (Å²) >= 11 is 5.47. The zero-order chi connectivity index (χ0) is 6.57. The van der Waals surface area contributed by atoms with Crippen molar-refractivity contribution in [2.75, 3.05) is 0 Å². The fourth-order valence-corrected chi connectivity index (χ4v) is 0.797. The van der Waals surface area contributed by atoms with Gasteiger partial charge in [0.15, 0.2) is 0 Å². The highest BCUT2D eigenvalue weighted by Crippen LogP contribution is 2.06. The summed E-state index contributed by atoms with van der Waals surface area (Å²) in [6.07, 6.45) is 1.36. The van der Waals surface area contributed by atoms with Crippen molar-refractivity contribution in [2.45, 2.75) is 5.44 Å². The van der Waals surface area contributed by atoms with Crippen molar-refractivity contribution in [1.82, 2.24) is 0 Å². The lowest BCUT2D eigenvalue weighted by Gasteiger charge is -1.99. The van der Waals surface area contributed by atoms with E-state index in [1.54, 1.807) is 0 Å². The van der Waals surface area contributed by atoms with Gasteiger partial charge in [-0.05, 0) is 0 Å². The van der Waals surface area contributed by atoms with Gasteiger partial charge in [0.05, 0.1) is 0 Å². The second-order valence-corrected chi connectivity index (χ2v) is 2.92. The molecule has 0 unspecified atom stereocenters. The molecule has 1 atom stereocenters. The molecule has 0 aromatic carbocycles. The van der Waals surface area contributed by atoms with Gasteiger partial charge in [0.2, 0.25) is 0 Å². The Balaban J connectivity index is 3.38. The van der Waals surface area contributed by atoms with Crippen molar-refractivity contribution in [3.63, 3.8) is 0 Å². The van der Waals surface area contributed by atoms with Gasteiger partial charge in [-0.2, -0.15) is 0 Å². The van der Waals surface area contributed by atoms with Crippen LogP contribution in [0.2, 0.25) is 0 Å². The van der Waals surface area contributed by atoms with Crippen molar-refractivity contribution in [1.29, 1.82) is 0 Å². The number of aliphatic hydroxyl groups excluding tert-OH is 1. The van der Waals surface area contributed by atoms with Gasteiger partial charge in [-0.15, -0.1) is 0 Å². The first-order valence-electron chi connectivity index (χ1n) is 1.93. The highest BCUT2D eigenvalue weighted by molar-refractivity contribution is 8.23. The SMILES string of the molecule is C=C[C@@H](O)SC(N)=S. The number of hydrogen-bond donors (Lipinski definition) is 2. The van der Waals surface area contributed by atoms with Gasteiger partial charge >= 0.3 is 0 Å². The molecule has 2 nitrogen and oxygen atoms in total. The summed E-state index contributed by atoms with van der Waals surface area (Å²) in [6.45, 7) is 3.33. The third kappa shape index (κ3) is 4.11. The summed E-state index contributed by atoms with van der Waals surface area (Å²) < 4.78 is 0.234. The van der Waals surface area contributed by atoms with Crippen LogP contribution in [0.3, 0.4) is 0 Å². The van der Waals surface area contributed by atoms with Crippen LogP contribution < -0.4 is 5.73 Å². The minimum absolute atomic E-state index is 0.234. The van der Waals surface area contributed by atoms with Crippen LogP contribution in [0.5, 0.6) is 0 Å². The van der Waals surface area contributed by atoms with Gasteiger partial charge in [-0.25, -0.2) is 0 Å². The van der Waals surface area contributed by atoms with E-state index in [2.05, 4.69) is 18.8 Å². The molecule has 0 fully saturated rings.